The summed E-state index contributed by atoms with van der Waals surface area (Å²) >= 11 is 0. The molecule has 0 atom stereocenters. The van der Waals surface area contributed by atoms with Crippen LogP contribution in [0.3, 0.4) is 0 Å². The van der Waals surface area contributed by atoms with Crippen LogP contribution in [-0.4, -0.2) is 41.5 Å². The summed E-state index contributed by atoms with van der Waals surface area (Å²) in [6, 6.07) is 12.1. The van der Waals surface area contributed by atoms with Crippen molar-refractivity contribution in [2.45, 2.75) is 13.3 Å². The second kappa shape index (κ2) is 12.5. The highest BCUT2D eigenvalue weighted by Crippen LogP contribution is 2.28. The molecule has 0 aliphatic rings. The van der Waals surface area contributed by atoms with E-state index in [1.807, 2.05) is 0 Å². The van der Waals surface area contributed by atoms with Crippen molar-refractivity contribution in [2.75, 3.05) is 24.3 Å². The molecule has 2 heterocycles. The number of esters is 1. The summed E-state index contributed by atoms with van der Waals surface area (Å²) in [7, 11) is 1.27. The Balaban J connectivity index is 1.38. The van der Waals surface area contributed by atoms with Gasteiger partial charge < -0.3 is 30.4 Å². The molecule has 0 bridgehead atoms. The molecule has 4 N–H and O–H groups in total. The van der Waals surface area contributed by atoms with Gasteiger partial charge >= 0.3 is 12.0 Å². The minimum absolute atomic E-state index is 0.0280. The number of halogens is 2. The molecule has 12 heteroatoms. The second-order valence-corrected chi connectivity index (χ2v) is 8.57. The van der Waals surface area contributed by atoms with E-state index in [-0.39, 0.29) is 36.0 Å². The summed E-state index contributed by atoms with van der Waals surface area (Å²) in [5, 5.41) is 7.32. The number of hydrogen-bond acceptors (Lipinski definition) is 6. The van der Waals surface area contributed by atoms with Crippen molar-refractivity contribution in [1.82, 2.24) is 15.3 Å². The van der Waals surface area contributed by atoms with E-state index in [2.05, 4.69) is 30.7 Å². The number of aromatic nitrogens is 2. The van der Waals surface area contributed by atoms with Crippen LogP contribution in [0.1, 0.15) is 22.3 Å². The van der Waals surface area contributed by atoms with Gasteiger partial charge in [0.05, 0.1) is 41.9 Å². The van der Waals surface area contributed by atoms with Crippen LogP contribution >= 0.6 is 0 Å². The number of nitrogens with one attached hydrogen (secondary N) is 4. The minimum atomic E-state index is -0.807. The molecule has 0 aliphatic carbocycles. The molecule has 0 radical (unpaired) electrons. The van der Waals surface area contributed by atoms with Crippen LogP contribution in [0.25, 0.3) is 11.4 Å². The zero-order chi connectivity index (χ0) is 28.6. The molecule has 0 aliphatic heterocycles. The summed E-state index contributed by atoms with van der Waals surface area (Å²) in [6.45, 7) is 1.88. The van der Waals surface area contributed by atoms with Gasteiger partial charge in [0.15, 0.2) is 0 Å². The van der Waals surface area contributed by atoms with Gasteiger partial charge in [0, 0.05) is 31.1 Å². The van der Waals surface area contributed by atoms with E-state index in [9.17, 15) is 23.2 Å². The molecule has 4 rings (SSSR count). The average molecular weight is 550 g/mol. The highest BCUT2D eigenvalue weighted by Gasteiger charge is 2.14. The Hall–Kier alpha value is -5.26. The first kappa shape index (κ1) is 27.8. The standard InChI is InChI=1S/C28H25F2N5O5/c1-16-3-5-20(29)23(11-16)35-28(38)34-22-6-4-18(13-21(22)30)40-19-7-9-31-25(14-19)24-12-17(15-33-24)27(37)32-10-8-26(36)39-2/h3-7,9,11-15,33H,8,10H2,1-2H3,(H,32,37)(H2,34,35,38). The molecule has 4 aromatic rings. The van der Waals surface area contributed by atoms with Crippen molar-refractivity contribution in [3.8, 4) is 22.9 Å². The number of ether oxygens (including phenoxy) is 2. The number of urea groups is 1. The molecule has 2 aromatic heterocycles. The highest BCUT2D eigenvalue weighted by molar-refractivity contribution is 6.00. The van der Waals surface area contributed by atoms with Gasteiger partial charge in [0.2, 0.25) is 0 Å². The van der Waals surface area contributed by atoms with E-state index in [1.165, 1.54) is 43.8 Å². The van der Waals surface area contributed by atoms with E-state index in [4.69, 9.17) is 4.74 Å². The number of anilines is 2. The molecule has 0 saturated carbocycles. The first-order valence-corrected chi connectivity index (χ1v) is 12.0. The summed E-state index contributed by atoms with van der Waals surface area (Å²) in [5.41, 5.74) is 1.93. The van der Waals surface area contributed by atoms with Crippen molar-refractivity contribution in [3.05, 3.63) is 89.8 Å². The maximum Gasteiger partial charge on any atom is 0.323 e. The number of methoxy groups -OCH3 is 1. The lowest BCUT2D eigenvalue weighted by molar-refractivity contribution is -0.140. The number of H-pyrrole nitrogens is 1. The highest BCUT2D eigenvalue weighted by atomic mass is 19.1. The Bertz CT molecular complexity index is 1560. The molecule has 0 fully saturated rings. The van der Waals surface area contributed by atoms with E-state index in [0.29, 0.717) is 22.7 Å². The number of rotatable bonds is 9. The Labute approximate surface area is 227 Å². The monoisotopic (exact) mass is 549 g/mol. The predicted molar refractivity (Wildman–Crippen MR) is 143 cm³/mol. The van der Waals surface area contributed by atoms with Crippen LogP contribution in [0.5, 0.6) is 11.5 Å². The van der Waals surface area contributed by atoms with Gasteiger partial charge in [-0.3, -0.25) is 14.6 Å². The van der Waals surface area contributed by atoms with Crippen LogP contribution < -0.4 is 20.7 Å². The first-order valence-electron chi connectivity index (χ1n) is 12.0. The number of carbonyl (C=O) groups is 3. The Morgan fingerprint density at radius 2 is 1.70 bits per heavy atom. The van der Waals surface area contributed by atoms with Crippen molar-refractivity contribution < 1.29 is 32.6 Å². The normalized spacial score (nSPS) is 10.5. The Morgan fingerprint density at radius 3 is 2.48 bits per heavy atom. The minimum Gasteiger partial charge on any atom is -0.469 e. The van der Waals surface area contributed by atoms with Crippen molar-refractivity contribution in [2.24, 2.45) is 0 Å². The van der Waals surface area contributed by atoms with Crippen molar-refractivity contribution in [1.29, 1.82) is 0 Å². The maximum absolute atomic E-state index is 14.7. The summed E-state index contributed by atoms with van der Waals surface area (Å²) in [6.07, 6.45) is 3.05. The lowest BCUT2D eigenvalue weighted by Crippen LogP contribution is -2.25. The van der Waals surface area contributed by atoms with Gasteiger partial charge in [-0.15, -0.1) is 0 Å². The van der Waals surface area contributed by atoms with E-state index >= 15 is 0 Å². The molecule has 0 spiro atoms. The first-order chi connectivity index (χ1) is 19.2. The topological polar surface area (TPSA) is 134 Å². The van der Waals surface area contributed by atoms with Crippen LogP contribution in [0, 0.1) is 18.6 Å². The lowest BCUT2D eigenvalue weighted by atomic mass is 10.2. The third-order valence-electron chi connectivity index (χ3n) is 5.59. The molecule has 40 heavy (non-hydrogen) atoms. The predicted octanol–water partition coefficient (Wildman–Crippen LogP) is 5.39. The number of nitrogens with zero attached hydrogens (tertiary/aromatic N) is 1. The van der Waals surface area contributed by atoms with Crippen LogP contribution in [0.2, 0.25) is 0 Å². The number of aromatic amines is 1. The quantitative estimate of drug-likeness (QED) is 0.207. The summed E-state index contributed by atoms with van der Waals surface area (Å²) in [5.74, 6) is -1.68. The average Bonchev–Trinajstić information content (AvgIpc) is 3.43. The van der Waals surface area contributed by atoms with Crippen LogP contribution in [0.4, 0.5) is 25.0 Å². The Kier molecular flexibility index (Phi) is 8.69. The molecular weight excluding hydrogens is 524 g/mol. The lowest BCUT2D eigenvalue weighted by Gasteiger charge is -2.11. The fraction of sp³-hybridized carbons (Fsp3) is 0.143. The third kappa shape index (κ3) is 7.19. The van der Waals surface area contributed by atoms with Gasteiger partial charge in [-0.1, -0.05) is 6.07 Å². The summed E-state index contributed by atoms with van der Waals surface area (Å²) < 4.78 is 38.9. The largest absolute Gasteiger partial charge is 0.469 e. The zero-order valence-electron chi connectivity index (χ0n) is 21.5. The molecule has 0 unspecified atom stereocenters. The van der Waals surface area contributed by atoms with Gasteiger partial charge in [-0.25, -0.2) is 13.6 Å². The smallest absolute Gasteiger partial charge is 0.323 e. The van der Waals surface area contributed by atoms with Gasteiger partial charge in [0.1, 0.15) is 23.1 Å². The second-order valence-electron chi connectivity index (χ2n) is 8.57. The fourth-order valence-electron chi connectivity index (χ4n) is 3.59. The number of aryl methyl sites for hydroxylation is 1. The van der Waals surface area contributed by atoms with Crippen molar-refractivity contribution >= 4 is 29.3 Å². The van der Waals surface area contributed by atoms with E-state index < -0.39 is 23.6 Å². The fourth-order valence-corrected chi connectivity index (χ4v) is 3.59. The number of amides is 3. The number of benzene rings is 2. The van der Waals surface area contributed by atoms with E-state index in [0.717, 1.165) is 11.6 Å². The van der Waals surface area contributed by atoms with E-state index in [1.54, 1.807) is 31.2 Å². The van der Waals surface area contributed by atoms with Crippen LogP contribution in [-0.2, 0) is 9.53 Å². The molecule has 3 amide bonds. The maximum atomic E-state index is 14.7. The number of pyridine rings is 1. The van der Waals surface area contributed by atoms with Gasteiger partial charge in [-0.2, -0.15) is 0 Å². The third-order valence-corrected chi connectivity index (χ3v) is 5.59. The molecule has 206 valence electrons. The summed E-state index contributed by atoms with van der Waals surface area (Å²) in [4.78, 5) is 43.0. The van der Waals surface area contributed by atoms with Gasteiger partial charge in [0.25, 0.3) is 5.91 Å². The van der Waals surface area contributed by atoms with Crippen LogP contribution in [0.15, 0.2) is 67.0 Å². The molecular formula is C28H25F2N5O5. The molecule has 2 aromatic carbocycles. The SMILES string of the molecule is COC(=O)CCNC(=O)c1c[nH]c(-c2cc(Oc3ccc(NC(=O)Nc4cc(C)ccc4F)c(F)c3)ccn2)c1. The van der Waals surface area contributed by atoms with Gasteiger partial charge in [-0.05, 0) is 48.9 Å². The zero-order valence-corrected chi connectivity index (χ0v) is 21.5. The number of hydrogen-bond donors (Lipinski definition) is 4. The Morgan fingerprint density at radius 1 is 0.925 bits per heavy atom. The molecule has 0 saturated heterocycles. The molecule has 10 nitrogen and oxygen atoms in total. The van der Waals surface area contributed by atoms with Crippen molar-refractivity contribution in [3.63, 3.8) is 0 Å². The number of carbonyl (C=O) groups excluding carboxylic acids is 3.